The summed E-state index contributed by atoms with van der Waals surface area (Å²) in [4.78, 5) is 15.3. The number of carbonyl (C=O) groups is 1. The molecule has 1 aliphatic rings. The van der Waals surface area contributed by atoms with E-state index in [-0.39, 0.29) is 22.0 Å². The molecule has 0 fully saturated rings. The molecule has 0 amide bonds. The van der Waals surface area contributed by atoms with Crippen molar-refractivity contribution in [2.75, 3.05) is 10.8 Å². The fourth-order valence-corrected chi connectivity index (χ4v) is 5.15. The van der Waals surface area contributed by atoms with Gasteiger partial charge in [-0.25, -0.2) is 18.2 Å². The van der Waals surface area contributed by atoms with Gasteiger partial charge in [0.05, 0.1) is 22.5 Å². The van der Waals surface area contributed by atoms with Crippen molar-refractivity contribution in [3.63, 3.8) is 0 Å². The average molecular weight is 324 g/mol. The van der Waals surface area contributed by atoms with E-state index in [1.165, 1.54) is 16.6 Å². The second-order valence-electron chi connectivity index (χ2n) is 4.64. The molecule has 1 N–H and O–H groups in total. The third-order valence-corrected chi connectivity index (χ3v) is 6.48. The Morgan fingerprint density at radius 1 is 1.43 bits per heavy atom. The molecule has 0 saturated heterocycles. The van der Waals surface area contributed by atoms with Crippen LogP contribution in [0.25, 0.3) is 0 Å². The van der Waals surface area contributed by atoms with Crippen LogP contribution < -0.4 is 4.31 Å². The maximum Gasteiger partial charge on any atom is 0.337 e. The molecule has 0 bridgehead atoms. The summed E-state index contributed by atoms with van der Waals surface area (Å²) in [6.45, 7) is 1.98. The van der Waals surface area contributed by atoms with Gasteiger partial charge in [-0.1, -0.05) is 12.1 Å². The number of hydrogen-bond acceptors (Lipinski definition) is 5. The van der Waals surface area contributed by atoms with Gasteiger partial charge in [-0.3, -0.25) is 4.31 Å². The molecule has 2 heterocycles. The minimum atomic E-state index is -3.76. The minimum absolute atomic E-state index is 0.00909. The van der Waals surface area contributed by atoms with Crippen molar-refractivity contribution in [1.82, 2.24) is 4.98 Å². The smallest absolute Gasteiger partial charge is 0.337 e. The Balaban J connectivity index is 2.15. The predicted octanol–water partition coefficient (Wildman–Crippen LogP) is 1.90. The Labute approximate surface area is 125 Å². The predicted molar refractivity (Wildman–Crippen MR) is 78.5 cm³/mol. The summed E-state index contributed by atoms with van der Waals surface area (Å²) in [7, 11) is -3.76. The Bertz CT molecular complexity index is 826. The van der Waals surface area contributed by atoms with Crippen molar-refractivity contribution in [3.8, 4) is 0 Å². The van der Waals surface area contributed by atoms with E-state index in [1.807, 2.05) is 0 Å². The lowest BCUT2D eigenvalue weighted by molar-refractivity contribution is 0.0698. The highest BCUT2D eigenvalue weighted by Crippen LogP contribution is 2.37. The highest BCUT2D eigenvalue weighted by Gasteiger charge is 2.35. The summed E-state index contributed by atoms with van der Waals surface area (Å²) < 4.78 is 26.7. The quantitative estimate of drug-likeness (QED) is 0.931. The fourth-order valence-electron chi connectivity index (χ4n) is 2.40. The van der Waals surface area contributed by atoms with Crippen LogP contribution in [0, 0.1) is 6.92 Å². The number of aromatic carboxylic acids is 1. The van der Waals surface area contributed by atoms with Crippen molar-refractivity contribution in [1.29, 1.82) is 0 Å². The maximum absolute atomic E-state index is 12.7. The molecule has 8 heteroatoms. The Morgan fingerprint density at radius 3 is 2.81 bits per heavy atom. The number of rotatable bonds is 3. The lowest BCUT2D eigenvalue weighted by Gasteiger charge is -2.19. The average Bonchev–Trinajstić information content (AvgIpc) is 3.04. The first kappa shape index (κ1) is 14.0. The van der Waals surface area contributed by atoms with Crippen LogP contribution in [0.4, 0.5) is 5.69 Å². The Kier molecular flexibility index (Phi) is 3.22. The van der Waals surface area contributed by atoms with Gasteiger partial charge in [0.15, 0.2) is 4.21 Å². The SMILES string of the molecule is Cc1ncc(S(=O)(=O)N2CCc3cccc(C(=O)O)c32)s1. The Hall–Kier alpha value is -1.93. The van der Waals surface area contributed by atoms with Gasteiger partial charge in [-0.15, -0.1) is 11.3 Å². The van der Waals surface area contributed by atoms with Gasteiger partial charge in [0.25, 0.3) is 10.0 Å². The topological polar surface area (TPSA) is 87.6 Å². The molecule has 0 spiro atoms. The zero-order valence-corrected chi connectivity index (χ0v) is 12.7. The molecule has 0 unspecified atom stereocenters. The summed E-state index contributed by atoms with van der Waals surface area (Å²) in [5, 5.41) is 9.93. The first-order chi connectivity index (χ1) is 9.91. The first-order valence-corrected chi connectivity index (χ1v) is 8.47. The van der Waals surface area contributed by atoms with Crippen LogP contribution in [0.3, 0.4) is 0 Å². The lowest BCUT2D eigenvalue weighted by Crippen LogP contribution is -2.29. The van der Waals surface area contributed by atoms with E-state index in [1.54, 1.807) is 19.1 Å². The second-order valence-corrected chi connectivity index (χ2v) is 7.97. The molecule has 0 saturated carbocycles. The van der Waals surface area contributed by atoms with Crippen molar-refractivity contribution < 1.29 is 18.3 Å². The third-order valence-electron chi connectivity index (χ3n) is 3.33. The van der Waals surface area contributed by atoms with Crippen molar-refractivity contribution >= 4 is 33.0 Å². The number of aromatic nitrogens is 1. The van der Waals surface area contributed by atoms with Crippen LogP contribution in [-0.4, -0.2) is 31.0 Å². The number of carboxylic acid groups (broad SMARTS) is 1. The molecule has 0 radical (unpaired) electrons. The van der Waals surface area contributed by atoms with Gasteiger partial charge < -0.3 is 5.11 Å². The summed E-state index contributed by atoms with van der Waals surface area (Å²) >= 11 is 1.08. The molecule has 21 heavy (non-hydrogen) atoms. The fraction of sp³-hybridized carbons (Fsp3) is 0.231. The Morgan fingerprint density at radius 2 is 2.19 bits per heavy atom. The number of carboxylic acids is 1. The van der Waals surface area contributed by atoms with Gasteiger partial charge in [-0.05, 0) is 25.0 Å². The lowest BCUT2D eigenvalue weighted by atomic mass is 10.1. The maximum atomic E-state index is 12.7. The molecule has 6 nitrogen and oxygen atoms in total. The van der Waals surface area contributed by atoms with Gasteiger partial charge in [0, 0.05) is 6.54 Å². The van der Waals surface area contributed by atoms with E-state index < -0.39 is 16.0 Å². The standard InChI is InChI=1S/C13H12N2O4S2/c1-8-14-7-11(20-8)21(18,19)15-6-5-9-3-2-4-10(12(9)15)13(16)17/h2-4,7H,5-6H2,1H3,(H,16,17). The molecule has 1 aliphatic heterocycles. The summed E-state index contributed by atoms with van der Waals surface area (Å²) in [5.74, 6) is -1.13. The molecule has 1 aromatic heterocycles. The highest BCUT2D eigenvalue weighted by molar-refractivity contribution is 7.94. The van der Waals surface area contributed by atoms with Crippen molar-refractivity contribution in [2.45, 2.75) is 17.6 Å². The molecule has 1 aromatic carbocycles. The molecule has 3 rings (SSSR count). The molecular weight excluding hydrogens is 312 g/mol. The van der Waals surface area contributed by atoms with E-state index in [4.69, 9.17) is 0 Å². The van der Waals surface area contributed by atoms with Crippen LogP contribution in [0.1, 0.15) is 20.9 Å². The number of hydrogen-bond donors (Lipinski definition) is 1. The molecule has 2 aromatic rings. The first-order valence-electron chi connectivity index (χ1n) is 6.21. The summed E-state index contributed by atoms with van der Waals surface area (Å²) in [6, 6.07) is 4.82. The third kappa shape index (κ3) is 2.20. The number of fused-ring (bicyclic) bond motifs is 1. The molecule has 0 aliphatic carbocycles. The monoisotopic (exact) mass is 324 g/mol. The van der Waals surface area contributed by atoms with Crippen LogP contribution in [0.2, 0.25) is 0 Å². The minimum Gasteiger partial charge on any atom is -0.478 e. The number of benzene rings is 1. The van der Waals surface area contributed by atoms with E-state index >= 15 is 0 Å². The van der Waals surface area contributed by atoms with Crippen LogP contribution in [0.15, 0.2) is 28.6 Å². The van der Waals surface area contributed by atoms with Crippen LogP contribution in [0.5, 0.6) is 0 Å². The van der Waals surface area contributed by atoms with Gasteiger partial charge in [0.2, 0.25) is 0 Å². The van der Waals surface area contributed by atoms with E-state index in [2.05, 4.69) is 4.98 Å². The van der Waals surface area contributed by atoms with E-state index in [9.17, 15) is 18.3 Å². The molecular formula is C13H12N2O4S2. The van der Waals surface area contributed by atoms with Crippen LogP contribution in [-0.2, 0) is 16.4 Å². The number of sulfonamides is 1. The van der Waals surface area contributed by atoms with E-state index in [0.717, 1.165) is 16.9 Å². The second kappa shape index (κ2) is 4.81. The van der Waals surface area contributed by atoms with Gasteiger partial charge in [0.1, 0.15) is 0 Å². The number of para-hydroxylation sites is 1. The number of nitrogens with zero attached hydrogens (tertiary/aromatic N) is 2. The zero-order chi connectivity index (χ0) is 15.2. The van der Waals surface area contributed by atoms with Gasteiger partial charge >= 0.3 is 5.97 Å². The normalized spacial score (nSPS) is 14.2. The number of anilines is 1. The summed E-state index contributed by atoms with van der Waals surface area (Å²) in [5.41, 5.74) is 1.02. The molecule has 110 valence electrons. The zero-order valence-electron chi connectivity index (χ0n) is 11.1. The largest absolute Gasteiger partial charge is 0.478 e. The highest BCUT2D eigenvalue weighted by atomic mass is 32.2. The van der Waals surface area contributed by atoms with Gasteiger partial charge in [-0.2, -0.15) is 0 Å². The van der Waals surface area contributed by atoms with E-state index in [0.29, 0.717) is 11.4 Å². The molecule has 0 atom stereocenters. The summed E-state index contributed by atoms with van der Waals surface area (Å²) in [6.07, 6.45) is 1.82. The number of aryl methyl sites for hydroxylation is 1. The van der Waals surface area contributed by atoms with Crippen molar-refractivity contribution in [2.24, 2.45) is 0 Å². The van der Waals surface area contributed by atoms with Crippen LogP contribution >= 0.6 is 11.3 Å². The van der Waals surface area contributed by atoms with Crippen molar-refractivity contribution in [3.05, 3.63) is 40.5 Å². The number of thiazole rings is 1.